The smallest absolute Gasteiger partial charge is 0.131 e. The Morgan fingerprint density at radius 3 is 2.65 bits per heavy atom. The van der Waals surface area contributed by atoms with Gasteiger partial charge in [0.15, 0.2) is 0 Å². The van der Waals surface area contributed by atoms with Crippen LogP contribution < -0.4 is 5.32 Å². The zero-order valence-corrected chi connectivity index (χ0v) is 11.5. The van der Waals surface area contributed by atoms with Gasteiger partial charge in [0.1, 0.15) is 11.6 Å². The van der Waals surface area contributed by atoms with E-state index in [9.17, 15) is 4.39 Å². The first kappa shape index (κ1) is 13.1. The molecule has 2 aromatic rings. The second kappa shape index (κ2) is 5.63. The largest absolute Gasteiger partial charge is 0.496 e. The van der Waals surface area contributed by atoms with Gasteiger partial charge in [-0.25, -0.2) is 4.39 Å². The lowest BCUT2D eigenvalue weighted by Gasteiger charge is -2.25. The Hall–Kier alpha value is -1.87. The number of nitrogens with one attached hydrogen (secondary N) is 1. The van der Waals surface area contributed by atoms with E-state index in [-0.39, 0.29) is 11.9 Å². The molecule has 1 aliphatic rings. The minimum Gasteiger partial charge on any atom is -0.496 e. The third-order valence-electron chi connectivity index (χ3n) is 3.75. The molecule has 104 valence electrons. The van der Waals surface area contributed by atoms with Crippen molar-refractivity contribution in [3.05, 3.63) is 59.6 Å². The van der Waals surface area contributed by atoms with Gasteiger partial charge in [-0.05, 0) is 43.0 Å². The summed E-state index contributed by atoms with van der Waals surface area (Å²) in [5.74, 6) is 0.758. The fourth-order valence-corrected chi connectivity index (χ4v) is 2.77. The average Bonchev–Trinajstić information content (AvgIpc) is 2.52. The van der Waals surface area contributed by atoms with Gasteiger partial charge >= 0.3 is 0 Å². The summed E-state index contributed by atoms with van der Waals surface area (Å²) in [5, 5.41) is 4.87. The lowest BCUT2D eigenvalue weighted by molar-refractivity contribution is 0.170. The molecule has 1 aliphatic heterocycles. The van der Waals surface area contributed by atoms with Crippen LogP contribution in [0, 0.1) is 5.82 Å². The van der Waals surface area contributed by atoms with Crippen LogP contribution in [-0.4, -0.2) is 13.7 Å². The van der Waals surface area contributed by atoms with E-state index >= 15 is 0 Å². The van der Waals surface area contributed by atoms with Crippen molar-refractivity contribution in [1.82, 2.24) is 5.32 Å². The number of rotatable bonds is 3. The molecule has 1 N–H and O–H groups in total. The van der Waals surface area contributed by atoms with Gasteiger partial charge in [0.2, 0.25) is 0 Å². The van der Waals surface area contributed by atoms with Crippen LogP contribution in [0.2, 0.25) is 0 Å². The molecule has 0 radical (unpaired) electrons. The predicted molar refractivity (Wildman–Crippen MR) is 79.0 cm³/mol. The molecule has 0 aromatic heterocycles. The number of halogens is 1. The second-order valence-corrected chi connectivity index (χ2v) is 5.00. The first-order chi connectivity index (χ1) is 9.81. The summed E-state index contributed by atoms with van der Waals surface area (Å²) in [6.07, 6.45) is 4.22. The van der Waals surface area contributed by atoms with Crippen molar-refractivity contribution in [3.63, 3.8) is 0 Å². The zero-order valence-electron chi connectivity index (χ0n) is 11.5. The van der Waals surface area contributed by atoms with Crippen LogP contribution in [0.5, 0.6) is 0 Å². The second-order valence-electron chi connectivity index (χ2n) is 5.00. The zero-order chi connectivity index (χ0) is 13.9. The summed E-state index contributed by atoms with van der Waals surface area (Å²) in [4.78, 5) is 0. The highest BCUT2D eigenvalue weighted by atomic mass is 19.1. The van der Waals surface area contributed by atoms with Gasteiger partial charge in [0.25, 0.3) is 0 Å². The number of hydrogen-bond donors (Lipinski definition) is 1. The fraction of sp³-hybridized carbons (Fsp3) is 0.294. The van der Waals surface area contributed by atoms with Crippen LogP contribution in [0.4, 0.5) is 4.39 Å². The molecule has 2 aromatic carbocycles. The Morgan fingerprint density at radius 2 is 1.95 bits per heavy atom. The van der Waals surface area contributed by atoms with E-state index in [2.05, 4.69) is 11.4 Å². The standard InChI is InChI=1S/C17H18FNO/c1-19-17(16-8-4-5-11-20-16)14-9-10-15(18)13-7-3-2-6-12(13)14/h2-3,6-10,17,19H,4-5,11H2,1H3. The maximum absolute atomic E-state index is 13.9. The van der Waals surface area contributed by atoms with E-state index in [1.165, 1.54) is 6.07 Å². The highest BCUT2D eigenvalue weighted by Gasteiger charge is 2.20. The van der Waals surface area contributed by atoms with Crippen LogP contribution in [0.15, 0.2) is 48.2 Å². The monoisotopic (exact) mass is 271 g/mol. The molecule has 0 aliphatic carbocycles. The lowest BCUT2D eigenvalue weighted by atomic mass is 9.96. The molecule has 0 bridgehead atoms. The van der Waals surface area contributed by atoms with Crippen LogP contribution >= 0.6 is 0 Å². The van der Waals surface area contributed by atoms with Crippen molar-refractivity contribution in [2.45, 2.75) is 18.9 Å². The van der Waals surface area contributed by atoms with E-state index in [4.69, 9.17) is 4.74 Å². The number of hydrogen-bond acceptors (Lipinski definition) is 2. The van der Waals surface area contributed by atoms with Crippen LogP contribution in [-0.2, 0) is 4.74 Å². The normalized spacial score (nSPS) is 16.6. The highest BCUT2D eigenvalue weighted by Crippen LogP contribution is 2.32. The third kappa shape index (κ3) is 2.29. The Morgan fingerprint density at radius 1 is 1.15 bits per heavy atom. The first-order valence-electron chi connectivity index (χ1n) is 6.98. The van der Waals surface area contributed by atoms with Gasteiger partial charge in [-0.15, -0.1) is 0 Å². The van der Waals surface area contributed by atoms with E-state index in [1.807, 2.05) is 37.4 Å². The van der Waals surface area contributed by atoms with Crippen molar-refractivity contribution >= 4 is 10.8 Å². The average molecular weight is 271 g/mol. The number of benzene rings is 2. The molecule has 0 fully saturated rings. The van der Waals surface area contributed by atoms with Crippen molar-refractivity contribution in [2.24, 2.45) is 0 Å². The molecular formula is C17H18FNO. The van der Waals surface area contributed by atoms with Crippen LogP contribution in [0.25, 0.3) is 10.8 Å². The number of allylic oxidation sites excluding steroid dienone is 1. The number of likely N-dealkylation sites (N-methyl/N-ethyl adjacent to an activating group) is 1. The van der Waals surface area contributed by atoms with Crippen LogP contribution in [0.3, 0.4) is 0 Å². The molecule has 2 nitrogen and oxygen atoms in total. The molecule has 0 saturated heterocycles. The van der Waals surface area contributed by atoms with Gasteiger partial charge in [0, 0.05) is 5.39 Å². The summed E-state index contributed by atoms with van der Waals surface area (Å²) in [5.41, 5.74) is 1.05. The van der Waals surface area contributed by atoms with Gasteiger partial charge < -0.3 is 10.1 Å². The highest BCUT2D eigenvalue weighted by molar-refractivity contribution is 5.87. The molecule has 1 unspecified atom stereocenters. The van der Waals surface area contributed by atoms with E-state index in [1.54, 1.807) is 0 Å². The van der Waals surface area contributed by atoms with Gasteiger partial charge in [-0.2, -0.15) is 0 Å². The van der Waals surface area contributed by atoms with E-state index in [0.29, 0.717) is 5.39 Å². The predicted octanol–water partition coefficient (Wildman–Crippen LogP) is 3.93. The third-order valence-corrected chi connectivity index (χ3v) is 3.75. The summed E-state index contributed by atoms with van der Waals surface area (Å²) in [6.45, 7) is 0.753. The molecular weight excluding hydrogens is 253 g/mol. The van der Waals surface area contributed by atoms with Crippen LogP contribution in [0.1, 0.15) is 24.4 Å². The summed E-state index contributed by atoms with van der Waals surface area (Å²) >= 11 is 0. The van der Waals surface area contributed by atoms with Crippen molar-refractivity contribution in [2.75, 3.05) is 13.7 Å². The minimum absolute atomic E-state index is 0.0270. The quantitative estimate of drug-likeness (QED) is 0.913. The van der Waals surface area contributed by atoms with Gasteiger partial charge in [-0.1, -0.05) is 30.3 Å². The molecule has 3 heteroatoms. The number of fused-ring (bicyclic) bond motifs is 1. The van der Waals surface area contributed by atoms with E-state index < -0.39 is 0 Å². The first-order valence-corrected chi connectivity index (χ1v) is 6.98. The van der Waals surface area contributed by atoms with E-state index in [0.717, 1.165) is 36.2 Å². The molecule has 3 rings (SSSR count). The van der Waals surface area contributed by atoms with Crippen molar-refractivity contribution < 1.29 is 9.13 Å². The molecule has 0 amide bonds. The Balaban J connectivity index is 2.12. The molecule has 0 saturated carbocycles. The van der Waals surface area contributed by atoms with Crippen molar-refractivity contribution in [1.29, 1.82) is 0 Å². The molecule has 1 atom stereocenters. The maximum atomic E-state index is 13.9. The Kier molecular flexibility index (Phi) is 3.70. The molecule has 20 heavy (non-hydrogen) atoms. The molecule has 1 heterocycles. The maximum Gasteiger partial charge on any atom is 0.131 e. The van der Waals surface area contributed by atoms with Gasteiger partial charge in [0.05, 0.1) is 12.6 Å². The number of ether oxygens (including phenoxy) is 1. The van der Waals surface area contributed by atoms with Gasteiger partial charge in [-0.3, -0.25) is 0 Å². The topological polar surface area (TPSA) is 21.3 Å². The summed E-state index contributed by atoms with van der Waals surface area (Å²) in [6, 6.07) is 10.9. The Labute approximate surface area is 118 Å². The lowest BCUT2D eigenvalue weighted by Crippen LogP contribution is -2.22. The molecule has 0 spiro atoms. The summed E-state index contributed by atoms with van der Waals surface area (Å²) < 4.78 is 19.7. The SMILES string of the molecule is CNC(C1=CCCCO1)c1ccc(F)c2ccccc12. The fourth-order valence-electron chi connectivity index (χ4n) is 2.77. The van der Waals surface area contributed by atoms with Crippen molar-refractivity contribution in [3.8, 4) is 0 Å². The summed E-state index contributed by atoms with van der Waals surface area (Å²) in [7, 11) is 1.90. The minimum atomic E-state index is -0.183. The Bertz CT molecular complexity index is 650.